The fourth-order valence-electron chi connectivity index (χ4n) is 4.64. The second-order valence-electron chi connectivity index (χ2n) is 10.6. The molecular formula is C28H34FN7O4. The summed E-state index contributed by atoms with van der Waals surface area (Å²) in [5, 5.41) is 31.9. The van der Waals surface area contributed by atoms with Crippen molar-refractivity contribution in [3.8, 4) is 17.5 Å². The summed E-state index contributed by atoms with van der Waals surface area (Å²) in [4.78, 5) is 29.0. The largest absolute Gasteiger partial charge is 0.449 e. The van der Waals surface area contributed by atoms with Crippen LogP contribution in [0.3, 0.4) is 0 Å². The molecule has 1 fully saturated rings. The maximum absolute atomic E-state index is 14.3. The van der Waals surface area contributed by atoms with Gasteiger partial charge in [0.15, 0.2) is 0 Å². The molecule has 0 spiro atoms. The Hall–Kier alpha value is -4.24. The first-order valence-electron chi connectivity index (χ1n) is 13.2. The highest BCUT2D eigenvalue weighted by atomic mass is 19.1. The van der Waals surface area contributed by atoms with Crippen LogP contribution in [0.15, 0.2) is 36.7 Å². The van der Waals surface area contributed by atoms with Crippen molar-refractivity contribution in [2.45, 2.75) is 57.3 Å². The molecule has 212 valence electrons. The lowest BCUT2D eigenvalue weighted by Gasteiger charge is -2.30. The number of amides is 2. The summed E-state index contributed by atoms with van der Waals surface area (Å²) in [5.41, 5.74) is 1.59. The third-order valence-corrected chi connectivity index (χ3v) is 7.11. The molecule has 0 unspecified atom stereocenters. The Morgan fingerprint density at radius 1 is 1.25 bits per heavy atom. The molecule has 11 nitrogen and oxygen atoms in total. The topological polar surface area (TPSA) is 154 Å². The molecule has 0 radical (unpaired) electrons. The normalized spacial score (nSPS) is 18.0. The Labute approximate surface area is 231 Å². The molecule has 3 aromatic rings. The number of carbonyl (C=O) groups excluding carboxylic acids is 2. The summed E-state index contributed by atoms with van der Waals surface area (Å²) in [6, 6.07) is 9.29. The van der Waals surface area contributed by atoms with Crippen molar-refractivity contribution in [3.05, 3.63) is 47.8 Å². The summed E-state index contributed by atoms with van der Waals surface area (Å²) in [5.74, 6) is -0.260. The van der Waals surface area contributed by atoms with E-state index in [1.807, 2.05) is 12.1 Å². The molecule has 0 aliphatic heterocycles. The van der Waals surface area contributed by atoms with Gasteiger partial charge in [-0.15, -0.1) is 0 Å². The van der Waals surface area contributed by atoms with Crippen molar-refractivity contribution in [1.29, 1.82) is 5.26 Å². The molecule has 1 saturated carbocycles. The lowest BCUT2D eigenvalue weighted by atomic mass is 9.86. The fraction of sp³-hybridized carbons (Fsp3) is 0.464. The van der Waals surface area contributed by atoms with Gasteiger partial charge in [-0.2, -0.15) is 10.4 Å². The summed E-state index contributed by atoms with van der Waals surface area (Å²) < 4.78 is 21.2. The highest BCUT2D eigenvalue weighted by molar-refractivity contribution is 6.00. The van der Waals surface area contributed by atoms with Gasteiger partial charge in [0.1, 0.15) is 12.2 Å². The fourth-order valence-corrected chi connectivity index (χ4v) is 4.64. The van der Waals surface area contributed by atoms with Crippen molar-refractivity contribution in [2.75, 3.05) is 25.5 Å². The van der Waals surface area contributed by atoms with Gasteiger partial charge < -0.3 is 25.8 Å². The number of alkyl halides is 1. The van der Waals surface area contributed by atoms with Gasteiger partial charge in [0.25, 0.3) is 5.91 Å². The molecule has 0 aromatic carbocycles. The maximum Gasteiger partial charge on any atom is 0.406 e. The zero-order valence-electron chi connectivity index (χ0n) is 22.8. The van der Waals surface area contributed by atoms with Crippen molar-refractivity contribution >= 4 is 23.2 Å². The average molecular weight is 552 g/mol. The average Bonchev–Trinajstić information content (AvgIpc) is 3.37. The molecule has 4 N–H and O–H groups in total. The molecule has 0 saturated heterocycles. The lowest BCUT2D eigenvalue weighted by molar-refractivity contribution is -0.00177. The number of aromatic nitrogens is 3. The van der Waals surface area contributed by atoms with Crippen LogP contribution in [0.25, 0.3) is 16.9 Å². The number of alkyl carbamates (subject to hydrolysis) is 1. The first-order valence-corrected chi connectivity index (χ1v) is 13.2. The van der Waals surface area contributed by atoms with Gasteiger partial charge >= 0.3 is 6.09 Å². The number of aliphatic hydroxyl groups is 1. The minimum Gasteiger partial charge on any atom is -0.449 e. The Bertz CT molecular complexity index is 1400. The van der Waals surface area contributed by atoms with E-state index in [4.69, 9.17) is 4.74 Å². The number of nitrogens with zero attached hydrogens (tertiary/aromatic N) is 4. The molecular weight excluding hydrogens is 517 g/mol. The van der Waals surface area contributed by atoms with Crippen molar-refractivity contribution in [1.82, 2.24) is 25.2 Å². The van der Waals surface area contributed by atoms with E-state index in [0.29, 0.717) is 29.2 Å². The van der Waals surface area contributed by atoms with Crippen LogP contribution in [0.1, 0.15) is 55.5 Å². The van der Waals surface area contributed by atoms with Crippen LogP contribution in [0, 0.1) is 17.2 Å². The standard InChI is InChI=1S/C28H34FN7O4/c1-28(2,39)25(29)15-33-26(37)21-14-32-23(24-9-8-20-10-18(12-30)13-34-36(20)24)11-22(21)35-19-6-4-17(5-7-19)16-40-27(38)31-3/h8-11,13-14,17,19,25,39H,4-7,15-16H2,1-3H3,(H,31,38)(H,32,35)(H,33,37)/t17?,19?,25-/m1/s1. The molecule has 2 amide bonds. The van der Waals surface area contributed by atoms with Crippen LogP contribution in [-0.2, 0) is 4.74 Å². The second kappa shape index (κ2) is 12.3. The summed E-state index contributed by atoms with van der Waals surface area (Å²) in [6.07, 6.45) is 4.11. The smallest absolute Gasteiger partial charge is 0.406 e. The maximum atomic E-state index is 14.3. The highest BCUT2D eigenvalue weighted by Gasteiger charge is 2.28. The van der Waals surface area contributed by atoms with Gasteiger partial charge in [-0.3, -0.25) is 9.78 Å². The monoisotopic (exact) mass is 551 g/mol. The van der Waals surface area contributed by atoms with Gasteiger partial charge in [-0.05, 0) is 69.7 Å². The third-order valence-electron chi connectivity index (χ3n) is 7.11. The number of hydrogen-bond donors (Lipinski definition) is 4. The summed E-state index contributed by atoms with van der Waals surface area (Å²) >= 11 is 0. The van der Waals surface area contributed by atoms with Crippen LogP contribution < -0.4 is 16.0 Å². The number of pyridine rings is 1. The van der Waals surface area contributed by atoms with E-state index in [9.17, 15) is 24.3 Å². The Morgan fingerprint density at radius 2 is 2.00 bits per heavy atom. The van der Waals surface area contributed by atoms with Gasteiger partial charge in [-0.25, -0.2) is 13.7 Å². The van der Waals surface area contributed by atoms with E-state index < -0.39 is 23.8 Å². The molecule has 3 aromatic heterocycles. The minimum absolute atomic E-state index is 0.0590. The van der Waals surface area contributed by atoms with Crippen LogP contribution in [-0.4, -0.2) is 69.7 Å². The van der Waals surface area contributed by atoms with E-state index in [0.717, 1.165) is 31.2 Å². The predicted octanol–water partition coefficient (Wildman–Crippen LogP) is 3.43. The number of fused-ring (bicyclic) bond motifs is 1. The molecule has 40 heavy (non-hydrogen) atoms. The number of halogens is 1. The van der Waals surface area contributed by atoms with Crippen LogP contribution in [0.2, 0.25) is 0 Å². The highest BCUT2D eigenvalue weighted by Crippen LogP contribution is 2.30. The summed E-state index contributed by atoms with van der Waals surface area (Å²) in [6.45, 7) is 2.69. The predicted molar refractivity (Wildman–Crippen MR) is 146 cm³/mol. The number of ether oxygens (including phenoxy) is 1. The molecule has 0 bridgehead atoms. The van der Waals surface area contributed by atoms with E-state index in [-0.39, 0.29) is 24.1 Å². The molecule has 3 heterocycles. The van der Waals surface area contributed by atoms with E-state index in [1.54, 1.807) is 16.6 Å². The van der Waals surface area contributed by atoms with Crippen LogP contribution in [0.4, 0.5) is 14.9 Å². The quantitative estimate of drug-likeness (QED) is 0.315. The summed E-state index contributed by atoms with van der Waals surface area (Å²) in [7, 11) is 1.52. The lowest BCUT2D eigenvalue weighted by Crippen LogP contribution is -2.42. The van der Waals surface area contributed by atoms with Crippen molar-refractivity contribution in [2.24, 2.45) is 5.92 Å². The Kier molecular flexibility index (Phi) is 8.84. The van der Waals surface area contributed by atoms with E-state index >= 15 is 0 Å². The number of nitriles is 1. The van der Waals surface area contributed by atoms with Gasteiger partial charge in [0, 0.05) is 19.3 Å². The van der Waals surface area contributed by atoms with E-state index in [1.165, 1.54) is 33.3 Å². The zero-order chi connectivity index (χ0) is 28.9. The van der Waals surface area contributed by atoms with Gasteiger partial charge in [-0.1, -0.05) is 0 Å². The molecule has 12 heteroatoms. The first-order chi connectivity index (χ1) is 19.1. The van der Waals surface area contributed by atoms with Gasteiger partial charge in [0.05, 0.1) is 58.7 Å². The minimum atomic E-state index is -1.65. The first kappa shape index (κ1) is 28.8. The van der Waals surface area contributed by atoms with Gasteiger partial charge in [0.2, 0.25) is 0 Å². The zero-order valence-corrected chi connectivity index (χ0v) is 22.8. The third kappa shape index (κ3) is 6.84. The Morgan fingerprint density at radius 3 is 2.67 bits per heavy atom. The number of rotatable bonds is 9. The number of anilines is 1. The number of carbonyl (C=O) groups is 2. The second-order valence-corrected chi connectivity index (χ2v) is 10.6. The Balaban J connectivity index is 1.56. The molecule has 1 atom stereocenters. The molecule has 1 aliphatic carbocycles. The van der Waals surface area contributed by atoms with Crippen LogP contribution >= 0.6 is 0 Å². The van der Waals surface area contributed by atoms with Crippen molar-refractivity contribution in [3.63, 3.8) is 0 Å². The SMILES string of the molecule is CNC(=O)OCC1CCC(Nc2cc(-c3ccc4cc(C#N)cnn34)ncc2C(=O)NC[C@@H](F)C(C)(C)O)CC1. The number of nitrogens with one attached hydrogen (secondary N) is 3. The molecule has 1 aliphatic rings. The van der Waals surface area contributed by atoms with E-state index in [2.05, 4.69) is 32.1 Å². The van der Waals surface area contributed by atoms with Crippen molar-refractivity contribution < 1.29 is 23.8 Å². The van der Waals surface area contributed by atoms with Crippen LogP contribution in [0.5, 0.6) is 0 Å². The molecule has 4 rings (SSSR count). The number of hydrogen-bond acceptors (Lipinski definition) is 8.